The Labute approximate surface area is 60.4 Å². The van der Waals surface area contributed by atoms with Crippen molar-refractivity contribution in [3.63, 3.8) is 0 Å². The van der Waals surface area contributed by atoms with E-state index in [1.165, 1.54) is 6.42 Å². The van der Waals surface area contributed by atoms with Gasteiger partial charge in [0.25, 0.3) is 0 Å². The molecule has 0 aromatic carbocycles. The maximum atomic E-state index is 4.45. The van der Waals surface area contributed by atoms with Gasteiger partial charge in [-0.25, -0.2) is 4.99 Å². The third-order valence-corrected chi connectivity index (χ3v) is 1.71. The van der Waals surface area contributed by atoms with E-state index in [1.807, 2.05) is 0 Å². The van der Waals surface area contributed by atoms with Gasteiger partial charge in [-0.1, -0.05) is 0 Å². The number of aliphatic imine (C=N–C) groups is 1. The van der Waals surface area contributed by atoms with Gasteiger partial charge in [-0.15, -0.1) is 0 Å². The van der Waals surface area contributed by atoms with Crippen LogP contribution < -0.4 is 5.32 Å². The minimum absolute atomic E-state index is 0.709. The van der Waals surface area contributed by atoms with Gasteiger partial charge in [0, 0.05) is 0 Å². The molecule has 9 heavy (non-hydrogen) atoms. The SMILES string of the molecule is S=C=NCC1CCNC1. The summed E-state index contributed by atoms with van der Waals surface area (Å²) < 4.78 is 0. The van der Waals surface area contributed by atoms with Gasteiger partial charge in [0.2, 0.25) is 0 Å². The van der Waals surface area contributed by atoms with Crippen LogP contribution in [-0.2, 0) is 0 Å². The molecular weight excluding hydrogens is 132 g/mol. The number of isothiocyanates is 1. The molecule has 0 aromatic rings. The Balaban J connectivity index is 2.18. The fraction of sp³-hybridized carbons (Fsp3) is 0.833. The minimum atomic E-state index is 0.709. The van der Waals surface area contributed by atoms with Gasteiger partial charge < -0.3 is 5.32 Å². The van der Waals surface area contributed by atoms with E-state index in [1.54, 1.807) is 0 Å². The third-order valence-electron chi connectivity index (χ3n) is 1.58. The van der Waals surface area contributed by atoms with Crippen LogP contribution in [-0.4, -0.2) is 24.8 Å². The number of nitrogens with one attached hydrogen (secondary N) is 1. The van der Waals surface area contributed by atoms with Crippen LogP contribution in [0.3, 0.4) is 0 Å². The molecule has 50 valence electrons. The Bertz CT molecular complexity index is 123. The van der Waals surface area contributed by atoms with Gasteiger partial charge in [-0.2, -0.15) is 0 Å². The normalized spacial score (nSPS) is 25.6. The van der Waals surface area contributed by atoms with Crippen molar-refractivity contribution in [3.8, 4) is 0 Å². The molecule has 1 N–H and O–H groups in total. The molecular formula is C6H10N2S. The Morgan fingerprint density at radius 2 is 2.67 bits per heavy atom. The summed E-state index contributed by atoms with van der Waals surface area (Å²) in [6.45, 7) is 3.09. The first-order valence-electron chi connectivity index (χ1n) is 3.18. The van der Waals surface area contributed by atoms with Crippen LogP contribution in [0.1, 0.15) is 6.42 Å². The first kappa shape index (κ1) is 6.87. The summed E-state index contributed by atoms with van der Waals surface area (Å²) >= 11 is 4.45. The van der Waals surface area contributed by atoms with Crippen molar-refractivity contribution < 1.29 is 0 Å². The zero-order valence-electron chi connectivity index (χ0n) is 5.26. The fourth-order valence-corrected chi connectivity index (χ4v) is 1.11. The molecule has 0 aliphatic carbocycles. The van der Waals surface area contributed by atoms with E-state index in [0.29, 0.717) is 5.92 Å². The van der Waals surface area contributed by atoms with Crippen LogP contribution in [0.25, 0.3) is 0 Å². The Morgan fingerprint density at radius 3 is 3.22 bits per heavy atom. The lowest BCUT2D eigenvalue weighted by Gasteiger charge is -1.99. The van der Waals surface area contributed by atoms with Crippen LogP contribution in [0.4, 0.5) is 0 Å². The smallest absolute Gasteiger partial charge is 0.0585 e. The van der Waals surface area contributed by atoms with Gasteiger partial charge in [0.1, 0.15) is 0 Å². The van der Waals surface area contributed by atoms with Crippen LogP contribution in [0.15, 0.2) is 4.99 Å². The van der Waals surface area contributed by atoms with E-state index in [-0.39, 0.29) is 0 Å². The quantitative estimate of drug-likeness (QED) is 0.453. The zero-order chi connectivity index (χ0) is 6.53. The van der Waals surface area contributed by atoms with Gasteiger partial charge in [-0.05, 0) is 37.6 Å². The van der Waals surface area contributed by atoms with E-state index < -0.39 is 0 Å². The lowest BCUT2D eigenvalue weighted by Crippen LogP contribution is -2.10. The minimum Gasteiger partial charge on any atom is -0.316 e. The predicted octanol–water partition coefficient (Wildman–Crippen LogP) is 0.699. The lowest BCUT2D eigenvalue weighted by molar-refractivity contribution is 0.599. The summed E-state index contributed by atoms with van der Waals surface area (Å²) in [7, 11) is 0. The number of hydrogen-bond acceptors (Lipinski definition) is 3. The maximum absolute atomic E-state index is 4.45. The molecule has 1 aliphatic heterocycles. The van der Waals surface area contributed by atoms with Crippen molar-refractivity contribution in [2.24, 2.45) is 10.9 Å². The first-order chi connectivity index (χ1) is 4.43. The summed E-state index contributed by atoms with van der Waals surface area (Å²) in [5.74, 6) is 0.709. The zero-order valence-corrected chi connectivity index (χ0v) is 6.08. The Hall–Kier alpha value is -0.240. The second kappa shape index (κ2) is 3.72. The van der Waals surface area contributed by atoms with Crippen molar-refractivity contribution in [1.29, 1.82) is 0 Å². The predicted molar refractivity (Wildman–Crippen MR) is 40.9 cm³/mol. The molecule has 1 atom stereocenters. The van der Waals surface area contributed by atoms with Gasteiger partial charge in [0.15, 0.2) is 0 Å². The molecule has 1 heterocycles. The van der Waals surface area contributed by atoms with Crippen molar-refractivity contribution in [1.82, 2.24) is 5.32 Å². The molecule has 0 spiro atoms. The summed E-state index contributed by atoms with van der Waals surface area (Å²) in [5.41, 5.74) is 0. The van der Waals surface area contributed by atoms with Crippen LogP contribution >= 0.6 is 12.2 Å². The van der Waals surface area contributed by atoms with Crippen LogP contribution in [0, 0.1) is 5.92 Å². The lowest BCUT2D eigenvalue weighted by atomic mass is 10.1. The van der Waals surface area contributed by atoms with Crippen LogP contribution in [0.2, 0.25) is 0 Å². The fourth-order valence-electron chi connectivity index (χ4n) is 1.04. The molecule has 0 bridgehead atoms. The van der Waals surface area contributed by atoms with Gasteiger partial charge in [0.05, 0.1) is 11.7 Å². The van der Waals surface area contributed by atoms with Crippen molar-refractivity contribution in [2.45, 2.75) is 6.42 Å². The highest BCUT2D eigenvalue weighted by Gasteiger charge is 2.12. The van der Waals surface area contributed by atoms with E-state index in [4.69, 9.17) is 0 Å². The second-order valence-corrected chi connectivity index (χ2v) is 2.47. The monoisotopic (exact) mass is 142 g/mol. The molecule has 0 amide bonds. The second-order valence-electron chi connectivity index (χ2n) is 2.29. The molecule has 1 unspecified atom stereocenters. The largest absolute Gasteiger partial charge is 0.316 e. The van der Waals surface area contributed by atoms with Crippen LogP contribution in [0.5, 0.6) is 0 Å². The van der Waals surface area contributed by atoms with Gasteiger partial charge in [-0.3, -0.25) is 0 Å². The Morgan fingerprint density at radius 1 is 1.78 bits per heavy atom. The highest BCUT2D eigenvalue weighted by atomic mass is 32.1. The number of nitrogens with zero attached hydrogens (tertiary/aromatic N) is 1. The summed E-state index contributed by atoms with van der Waals surface area (Å²) in [4.78, 5) is 3.88. The average molecular weight is 142 g/mol. The molecule has 0 aromatic heterocycles. The number of rotatable bonds is 2. The number of thiocarbonyl (C=S) groups is 1. The first-order valence-corrected chi connectivity index (χ1v) is 3.58. The Kier molecular flexibility index (Phi) is 2.84. The van der Waals surface area contributed by atoms with Crippen molar-refractivity contribution in [3.05, 3.63) is 0 Å². The molecule has 1 aliphatic rings. The van der Waals surface area contributed by atoms with Crippen molar-refractivity contribution in [2.75, 3.05) is 19.6 Å². The van der Waals surface area contributed by atoms with E-state index >= 15 is 0 Å². The molecule has 0 radical (unpaired) electrons. The molecule has 2 nitrogen and oxygen atoms in total. The van der Waals surface area contributed by atoms with Gasteiger partial charge >= 0.3 is 0 Å². The summed E-state index contributed by atoms with van der Waals surface area (Å²) in [5, 5.41) is 5.63. The van der Waals surface area contributed by atoms with Crippen molar-refractivity contribution >= 4 is 17.4 Å². The molecule has 3 heteroatoms. The molecule has 0 saturated carbocycles. The van der Waals surface area contributed by atoms with E-state index in [0.717, 1.165) is 19.6 Å². The third kappa shape index (κ3) is 2.22. The molecule has 1 fully saturated rings. The highest BCUT2D eigenvalue weighted by Crippen LogP contribution is 2.06. The maximum Gasteiger partial charge on any atom is 0.0585 e. The standard InChI is InChI=1S/C6H10N2S/c9-5-8-4-6-1-2-7-3-6/h6-7H,1-4H2. The topological polar surface area (TPSA) is 24.4 Å². The molecule has 1 saturated heterocycles. The summed E-state index contributed by atoms with van der Waals surface area (Å²) in [6, 6.07) is 0. The average Bonchev–Trinajstić information content (AvgIpc) is 2.34. The van der Waals surface area contributed by atoms with E-state index in [9.17, 15) is 0 Å². The molecule has 1 rings (SSSR count). The highest BCUT2D eigenvalue weighted by molar-refractivity contribution is 7.78. The summed E-state index contributed by atoms with van der Waals surface area (Å²) in [6.07, 6.45) is 1.24. The number of hydrogen-bond donors (Lipinski definition) is 1. The van der Waals surface area contributed by atoms with E-state index in [2.05, 4.69) is 27.7 Å².